The second-order valence-corrected chi connectivity index (χ2v) is 7.14. The molecule has 0 bridgehead atoms. The Morgan fingerprint density at radius 2 is 1.86 bits per heavy atom. The molecule has 1 saturated heterocycles. The van der Waals surface area contributed by atoms with E-state index in [4.69, 9.17) is 9.47 Å². The molecule has 1 fully saturated rings. The molecule has 2 atom stereocenters. The van der Waals surface area contributed by atoms with Gasteiger partial charge in [0.15, 0.2) is 0 Å². The van der Waals surface area contributed by atoms with Crippen molar-refractivity contribution in [2.75, 3.05) is 19.7 Å². The van der Waals surface area contributed by atoms with Crippen molar-refractivity contribution in [2.45, 2.75) is 71.7 Å². The van der Waals surface area contributed by atoms with Gasteiger partial charge in [-0.3, -0.25) is 0 Å². The zero-order chi connectivity index (χ0) is 16.0. The van der Waals surface area contributed by atoms with E-state index < -0.39 is 5.60 Å². The van der Waals surface area contributed by atoms with Crippen LogP contribution in [0.15, 0.2) is 0 Å². The molecule has 0 aromatic heterocycles. The first-order valence-electron chi connectivity index (χ1n) is 7.95. The molecule has 124 valence electrons. The van der Waals surface area contributed by atoms with Crippen LogP contribution in [0.5, 0.6) is 0 Å². The predicted octanol–water partition coefficient (Wildman–Crippen LogP) is 2.81. The molecular formula is C16H31NO4. The van der Waals surface area contributed by atoms with Gasteiger partial charge >= 0.3 is 6.09 Å². The molecule has 2 unspecified atom stereocenters. The number of piperidine rings is 1. The number of ether oxygens (including phenoxy) is 2. The van der Waals surface area contributed by atoms with Gasteiger partial charge < -0.3 is 19.5 Å². The van der Waals surface area contributed by atoms with Crippen LogP contribution in [0, 0.1) is 5.92 Å². The number of amides is 1. The Hall–Kier alpha value is -0.810. The summed E-state index contributed by atoms with van der Waals surface area (Å²) in [4.78, 5) is 13.7. The van der Waals surface area contributed by atoms with E-state index in [1.54, 1.807) is 11.8 Å². The summed E-state index contributed by atoms with van der Waals surface area (Å²) in [5.74, 6) is 0.486. The van der Waals surface area contributed by atoms with Crippen LogP contribution in [0.25, 0.3) is 0 Å². The number of hydrogen-bond acceptors (Lipinski definition) is 4. The molecule has 0 saturated carbocycles. The maximum Gasteiger partial charge on any atom is 0.410 e. The lowest BCUT2D eigenvalue weighted by molar-refractivity contribution is -0.00966. The fraction of sp³-hybridized carbons (Fsp3) is 0.938. The number of carbonyl (C=O) groups excluding carboxylic acids is 1. The summed E-state index contributed by atoms with van der Waals surface area (Å²) in [5.41, 5.74) is -0.437. The quantitative estimate of drug-likeness (QED) is 0.848. The van der Waals surface area contributed by atoms with Crippen molar-refractivity contribution < 1.29 is 19.4 Å². The van der Waals surface area contributed by atoms with Crippen LogP contribution in [-0.4, -0.2) is 53.6 Å². The number of hydrogen-bond donors (Lipinski definition) is 1. The maximum absolute atomic E-state index is 12.0. The van der Waals surface area contributed by atoms with Gasteiger partial charge in [0.25, 0.3) is 0 Å². The smallest absolute Gasteiger partial charge is 0.410 e. The van der Waals surface area contributed by atoms with Crippen molar-refractivity contribution in [3.05, 3.63) is 0 Å². The van der Waals surface area contributed by atoms with Gasteiger partial charge in [0.2, 0.25) is 0 Å². The lowest BCUT2D eigenvalue weighted by Crippen LogP contribution is -2.42. The summed E-state index contributed by atoms with van der Waals surface area (Å²) < 4.78 is 11.2. The van der Waals surface area contributed by atoms with Crippen LogP contribution in [0.3, 0.4) is 0 Å². The monoisotopic (exact) mass is 301 g/mol. The van der Waals surface area contributed by atoms with E-state index in [0.717, 1.165) is 25.9 Å². The van der Waals surface area contributed by atoms with Crippen molar-refractivity contribution in [3.63, 3.8) is 0 Å². The third-order valence-electron chi connectivity index (χ3n) is 3.56. The van der Waals surface area contributed by atoms with E-state index >= 15 is 0 Å². The second kappa shape index (κ2) is 7.99. The summed E-state index contributed by atoms with van der Waals surface area (Å²) >= 11 is 0. The fourth-order valence-electron chi connectivity index (χ4n) is 2.46. The molecule has 0 radical (unpaired) electrons. The largest absolute Gasteiger partial charge is 0.444 e. The predicted molar refractivity (Wildman–Crippen MR) is 82.2 cm³/mol. The minimum absolute atomic E-state index is 0.0777. The van der Waals surface area contributed by atoms with Crippen LogP contribution in [0.2, 0.25) is 0 Å². The van der Waals surface area contributed by atoms with Crippen LogP contribution in [0.1, 0.15) is 53.9 Å². The highest BCUT2D eigenvalue weighted by molar-refractivity contribution is 5.68. The first-order valence-corrected chi connectivity index (χ1v) is 7.95. The third-order valence-corrected chi connectivity index (χ3v) is 3.56. The van der Waals surface area contributed by atoms with Gasteiger partial charge in [-0.1, -0.05) is 0 Å². The van der Waals surface area contributed by atoms with Crippen LogP contribution in [0.4, 0.5) is 4.79 Å². The highest BCUT2D eigenvalue weighted by atomic mass is 16.6. The van der Waals surface area contributed by atoms with Gasteiger partial charge in [0.1, 0.15) is 5.60 Å². The molecule has 1 amide bonds. The highest BCUT2D eigenvalue weighted by Crippen LogP contribution is 2.20. The second-order valence-electron chi connectivity index (χ2n) is 7.14. The van der Waals surface area contributed by atoms with Crippen molar-refractivity contribution >= 4 is 6.09 Å². The molecule has 0 spiro atoms. The Kier molecular flexibility index (Phi) is 6.94. The zero-order valence-electron chi connectivity index (χ0n) is 14.1. The summed E-state index contributed by atoms with van der Waals surface area (Å²) in [6.45, 7) is 11.6. The molecule has 1 heterocycles. The van der Waals surface area contributed by atoms with Gasteiger partial charge in [-0.2, -0.15) is 0 Å². The maximum atomic E-state index is 12.0. The van der Waals surface area contributed by atoms with Crippen LogP contribution >= 0.6 is 0 Å². The van der Waals surface area contributed by atoms with Gasteiger partial charge in [-0.15, -0.1) is 0 Å². The van der Waals surface area contributed by atoms with Crippen LogP contribution < -0.4 is 0 Å². The molecule has 21 heavy (non-hydrogen) atoms. The molecule has 0 aromatic carbocycles. The first-order chi connectivity index (χ1) is 9.67. The Labute approximate surface area is 128 Å². The van der Waals surface area contributed by atoms with Crippen molar-refractivity contribution in [2.24, 2.45) is 5.92 Å². The van der Waals surface area contributed by atoms with Crippen molar-refractivity contribution in [3.8, 4) is 0 Å². The van der Waals surface area contributed by atoms with E-state index in [9.17, 15) is 9.90 Å². The lowest BCUT2D eigenvalue weighted by atomic mass is 9.98. The lowest BCUT2D eigenvalue weighted by Gasteiger charge is -2.33. The van der Waals surface area contributed by atoms with Crippen molar-refractivity contribution in [1.82, 2.24) is 4.90 Å². The fourth-order valence-corrected chi connectivity index (χ4v) is 2.46. The standard InChI is InChI=1S/C16H31NO4/c1-12(18)10-13(2)20-11-14-6-8-17(9-7-14)15(19)21-16(3,4)5/h12-14,18H,6-11H2,1-5H3. The number of aliphatic hydroxyl groups is 1. The van der Waals surface area contributed by atoms with E-state index in [1.165, 1.54) is 0 Å². The number of aliphatic hydroxyl groups excluding tert-OH is 1. The van der Waals surface area contributed by atoms with Gasteiger partial charge in [0, 0.05) is 19.7 Å². The minimum atomic E-state index is -0.437. The van der Waals surface area contributed by atoms with Gasteiger partial charge in [0.05, 0.1) is 12.2 Å². The number of rotatable bonds is 5. The van der Waals surface area contributed by atoms with Crippen LogP contribution in [-0.2, 0) is 9.47 Å². The molecule has 0 aliphatic carbocycles. The Bertz CT molecular complexity index is 317. The minimum Gasteiger partial charge on any atom is -0.444 e. The molecule has 1 aliphatic rings. The highest BCUT2D eigenvalue weighted by Gasteiger charge is 2.27. The average Bonchev–Trinajstić information content (AvgIpc) is 2.34. The summed E-state index contributed by atoms with van der Waals surface area (Å²) in [5, 5.41) is 9.31. The van der Waals surface area contributed by atoms with Crippen molar-refractivity contribution in [1.29, 1.82) is 0 Å². The van der Waals surface area contributed by atoms with E-state index in [-0.39, 0.29) is 18.3 Å². The number of carbonyl (C=O) groups is 1. The zero-order valence-corrected chi connectivity index (χ0v) is 14.1. The summed E-state index contributed by atoms with van der Waals surface area (Å²) in [6, 6.07) is 0. The molecular weight excluding hydrogens is 270 g/mol. The SMILES string of the molecule is CC(O)CC(C)OCC1CCN(C(=O)OC(C)(C)C)CC1. The topological polar surface area (TPSA) is 59.0 Å². The third kappa shape index (κ3) is 7.67. The molecule has 0 aromatic rings. The number of nitrogens with zero attached hydrogens (tertiary/aromatic N) is 1. The van der Waals surface area contributed by atoms with Gasteiger partial charge in [-0.25, -0.2) is 4.79 Å². The van der Waals surface area contributed by atoms with E-state index in [2.05, 4.69) is 0 Å². The van der Waals surface area contributed by atoms with E-state index in [1.807, 2.05) is 27.7 Å². The summed E-state index contributed by atoms with van der Waals surface area (Å²) in [6.07, 6.45) is 2.09. The van der Waals surface area contributed by atoms with E-state index in [0.29, 0.717) is 18.9 Å². The molecule has 5 nitrogen and oxygen atoms in total. The molecule has 1 rings (SSSR count). The summed E-state index contributed by atoms with van der Waals surface area (Å²) in [7, 11) is 0. The Balaban J connectivity index is 2.24. The normalized spacial score (nSPS) is 20.2. The average molecular weight is 301 g/mol. The molecule has 5 heteroatoms. The number of likely N-dealkylation sites (tertiary alicyclic amines) is 1. The van der Waals surface area contributed by atoms with Gasteiger partial charge in [-0.05, 0) is 59.8 Å². The first kappa shape index (κ1) is 18.2. The molecule has 1 aliphatic heterocycles. The Morgan fingerprint density at radius 1 is 1.29 bits per heavy atom. The Morgan fingerprint density at radius 3 is 2.33 bits per heavy atom. The molecule has 1 N–H and O–H groups in total.